The van der Waals surface area contributed by atoms with Crippen LogP contribution in [0.3, 0.4) is 0 Å². The zero-order chi connectivity index (χ0) is 31.2. The van der Waals surface area contributed by atoms with E-state index in [2.05, 4.69) is 10.2 Å². The van der Waals surface area contributed by atoms with Gasteiger partial charge in [0, 0.05) is 44.5 Å². The predicted molar refractivity (Wildman–Crippen MR) is 169 cm³/mol. The first-order valence-corrected chi connectivity index (χ1v) is 15.3. The van der Waals surface area contributed by atoms with Gasteiger partial charge in [-0.15, -0.1) is 0 Å². The van der Waals surface area contributed by atoms with Gasteiger partial charge in [0.1, 0.15) is 11.5 Å². The van der Waals surface area contributed by atoms with Gasteiger partial charge in [-0.05, 0) is 62.7 Å². The second-order valence-corrected chi connectivity index (χ2v) is 11.2. The molecule has 2 atom stereocenters. The van der Waals surface area contributed by atoms with Crippen molar-refractivity contribution in [1.29, 1.82) is 0 Å². The Labute approximate surface area is 263 Å². The zero-order valence-corrected chi connectivity index (χ0v) is 25.9. The zero-order valence-electron chi connectivity index (χ0n) is 25.2. The molecule has 0 aliphatic carbocycles. The molecule has 5 rings (SSSR count). The molecule has 230 valence electrons. The van der Waals surface area contributed by atoms with Gasteiger partial charge in [0.15, 0.2) is 0 Å². The average Bonchev–Trinajstić information content (AvgIpc) is 3.02. The van der Waals surface area contributed by atoms with Crippen molar-refractivity contribution in [1.82, 2.24) is 20.0 Å². The lowest BCUT2D eigenvalue weighted by atomic mass is 9.93. The number of halogens is 1. The number of benzene rings is 3. The Morgan fingerprint density at radius 3 is 2.39 bits per heavy atom. The molecular weight excluding hydrogens is 580 g/mol. The Morgan fingerprint density at radius 1 is 0.955 bits per heavy atom. The number of likely N-dealkylation sites (N-methyl/N-ethyl adjacent to an activating group) is 1. The van der Waals surface area contributed by atoms with Gasteiger partial charge < -0.3 is 19.7 Å². The number of hydrogen-bond donors (Lipinski definition) is 1. The summed E-state index contributed by atoms with van der Waals surface area (Å²) in [7, 11) is 0. The summed E-state index contributed by atoms with van der Waals surface area (Å²) in [6.45, 7) is 8.13. The summed E-state index contributed by atoms with van der Waals surface area (Å²) in [5, 5.41) is 3.45. The van der Waals surface area contributed by atoms with E-state index >= 15 is 0 Å². The van der Waals surface area contributed by atoms with E-state index in [9.17, 15) is 14.4 Å². The van der Waals surface area contributed by atoms with Crippen molar-refractivity contribution >= 4 is 29.5 Å². The van der Waals surface area contributed by atoms with Crippen LogP contribution in [0.25, 0.3) is 0 Å². The van der Waals surface area contributed by atoms with Crippen molar-refractivity contribution in [3.05, 3.63) is 106 Å². The molecule has 1 fully saturated rings. The number of ether oxygens (including phenoxy) is 2. The summed E-state index contributed by atoms with van der Waals surface area (Å²) in [5.74, 6) is 0.663. The average molecular weight is 617 g/mol. The van der Waals surface area contributed by atoms with Gasteiger partial charge in [-0.1, -0.05) is 54.1 Å². The number of rotatable bonds is 9. The Bertz CT molecular complexity index is 1550. The van der Waals surface area contributed by atoms with Gasteiger partial charge in [-0.25, -0.2) is 9.59 Å². The summed E-state index contributed by atoms with van der Waals surface area (Å²) in [5.41, 5.74) is 2.15. The number of esters is 1. The van der Waals surface area contributed by atoms with E-state index in [1.165, 1.54) is 0 Å². The number of hydrogen-bond acceptors (Lipinski definition) is 6. The summed E-state index contributed by atoms with van der Waals surface area (Å²) >= 11 is 6.32. The minimum absolute atomic E-state index is 0.112. The van der Waals surface area contributed by atoms with Gasteiger partial charge in [0.2, 0.25) is 0 Å². The maximum Gasteiger partial charge on any atom is 0.338 e. The van der Waals surface area contributed by atoms with Crippen molar-refractivity contribution in [3.8, 4) is 11.5 Å². The first-order chi connectivity index (χ1) is 21.3. The van der Waals surface area contributed by atoms with E-state index in [0.29, 0.717) is 71.6 Å². The van der Waals surface area contributed by atoms with E-state index in [1.54, 1.807) is 36.1 Å². The first-order valence-electron chi connectivity index (χ1n) is 14.9. The number of carbonyl (C=O) groups is 3. The van der Waals surface area contributed by atoms with Crippen molar-refractivity contribution in [2.24, 2.45) is 0 Å². The molecule has 0 bridgehead atoms. The molecule has 0 aromatic heterocycles. The molecule has 0 spiro atoms. The molecule has 44 heavy (non-hydrogen) atoms. The lowest BCUT2D eigenvalue weighted by molar-refractivity contribution is -0.139. The topological polar surface area (TPSA) is 91.4 Å². The summed E-state index contributed by atoms with van der Waals surface area (Å²) in [6, 6.07) is 22.7. The van der Waals surface area contributed by atoms with E-state index in [4.69, 9.17) is 21.1 Å². The van der Waals surface area contributed by atoms with Crippen LogP contribution in [0.1, 0.15) is 42.7 Å². The van der Waals surface area contributed by atoms with Crippen LogP contribution in [-0.2, 0) is 9.53 Å². The van der Waals surface area contributed by atoms with Crippen LogP contribution in [0, 0.1) is 0 Å². The fraction of sp³-hybridized carbons (Fsp3) is 0.324. The molecule has 9 nitrogen and oxygen atoms in total. The van der Waals surface area contributed by atoms with Crippen LogP contribution >= 0.6 is 11.6 Å². The molecule has 2 heterocycles. The highest BCUT2D eigenvalue weighted by atomic mass is 35.5. The smallest absolute Gasteiger partial charge is 0.338 e. The third kappa shape index (κ3) is 6.74. The standard InChI is InChI=1S/C34H37ClN4O5/c1-4-38-29(22-37-18-19-39(23(3)21-37)32(40)27-16-9-10-17-28(27)35)30(33(41)43-5-2)31(36-34(38)42)24-12-11-15-26(20-24)44-25-13-7-6-8-14-25/h6-17,20,23,31H,4-5,18-19,21-22H2,1-3H3,(H,36,42)/t23-,31-/m1/s1. The number of para-hydroxylation sites is 1. The number of nitrogens with one attached hydrogen (secondary N) is 1. The second kappa shape index (κ2) is 14.0. The highest BCUT2D eigenvalue weighted by Crippen LogP contribution is 2.34. The largest absolute Gasteiger partial charge is 0.463 e. The highest BCUT2D eigenvalue weighted by molar-refractivity contribution is 6.33. The maximum atomic E-state index is 13.6. The number of amides is 3. The molecule has 3 aromatic carbocycles. The van der Waals surface area contributed by atoms with Crippen LogP contribution in [0.15, 0.2) is 90.1 Å². The molecule has 10 heteroatoms. The van der Waals surface area contributed by atoms with Crippen LogP contribution in [0.5, 0.6) is 11.5 Å². The third-order valence-corrected chi connectivity index (χ3v) is 8.20. The van der Waals surface area contributed by atoms with Crippen molar-refractivity contribution in [2.75, 3.05) is 39.3 Å². The van der Waals surface area contributed by atoms with Gasteiger partial charge in [0.25, 0.3) is 5.91 Å². The lowest BCUT2D eigenvalue weighted by Crippen LogP contribution is -2.56. The van der Waals surface area contributed by atoms with E-state index in [0.717, 1.165) is 0 Å². The first kappa shape index (κ1) is 31.1. The van der Waals surface area contributed by atoms with Crippen LogP contribution in [-0.4, -0.2) is 78.0 Å². The molecule has 1 saturated heterocycles. The van der Waals surface area contributed by atoms with Gasteiger partial charge in [-0.3, -0.25) is 14.6 Å². The van der Waals surface area contributed by atoms with E-state index in [1.807, 2.05) is 73.3 Å². The summed E-state index contributed by atoms with van der Waals surface area (Å²) < 4.78 is 11.6. The van der Waals surface area contributed by atoms with Gasteiger partial charge in [-0.2, -0.15) is 0 Å². The minimum Gasteiger partial charge on any atom is -0.463 e. The lowest BCUT2D eigenvalue weighted by Gasteiger charge is -2.43. The van der Waals surface area contributed by atoms with Crippen molar-refractivity contribution in [3.63, 3.8) is 0 Å². The van der Waals surface area contributed by atoms with Crippen LogP contribution in [0.4, 0.5) is 4.79 Å². The summed E-state index contributed by atoms with van der Waals surface area (Å²) in [6.07, 6.45) is 0. The van der Waals surface area contributed by atoms with Gasteiger partial charge in [0.05, 0.1) is 28.8 Å². The monoisotopic (exact) mass is 616 g/mol. The Morgan fingerprint density at radius 2 is 1.68 bits per heavy atom. The van der Waals surface area contributed by atoms with Gasteiger partial charge >= 0.3 is 12.0 Å². The molecule has 2 aliphatic heterocycles. The van der Waals surface area contributed by atoms with Crippen molar-refractivity contribution in [2.45, 2.75) is 32.9 Å². The fourth-order valence-electron chi connectivity index (χ4n) is 5.77. The van der Waals surface area contributed by atoms with Crippen LogP contribution in [0.2, 0.25) is 5.02 Å². The quantitative estimate of drug-likeness (QED) is 0.302. The molecule has 0 saturated carbocycles. The molecule has 1 N–H and O–H groups in total. The second-order valence-electron chi connectivity index (χ2n) is 10.8. The number of nitrogens with zero attached hydrogens (tertiary/aromatic N) is 3. The molecular formula is C34H37ClN4O5. The van der Waals surface area contributed by atoms with E-state index < -0.39 is 12.0 Å². The maximum absolute atomic E-state index is 13.6. The molecule has 3 amide bonds. The summed E-state index contributed by atoms with van der Waals surface area (Å²) in [4.78, 5) is 46.0. The highest BCUT2D eigenvalue weighted by Gasteiger charge is 2.39. The SMILES string of the molecule is CCOC(=O)C1=C(CN2CCN(C(=O)c3ccccc3Cl)[C@H](C)C2)N(CC)C(=O)N[C@@H]1c1cccc(Oc2ccccc2)c1. The Hall–Kier alpha value is -4.34. The Kier molecular flexibility index (Phi) is 9.87. The van der Waals surface area contributed by atoms with Crippen molar-refractivity contribution < 1.29 is 23.9 Å². The molecule has 0 radical (unpaired) electrons. The molecule has 2 aliphatic rings. The number of urea groups is 1. The van der Waals surface area contributed by atoms with Crippen LogP contribution < -0.4 is 10.1 Å². The normalized spacial score (nSPS) is 19.0. The molecule has 3 aromatic rings. The molecule has 0 unspecified atom stereocenters. The fourth-order valence-corrected chi connectivity index (χ4v) is 5.99. The Balaban J connectivity index is 1.44. The minimum atomic E-state index is -0.737. The third-order valence-electron chi connectivity index (χ3n) is 7.87. The number of carbonyl (C=O) groups excluding carboxylic acids is 3. The van der Waals surface area contributed by atoms with E-state index in [-0.39, 0.29) is 24.6 Å². The predicted octanol–water partition coefficient (Wildman–Crippen LogP) is 5.88. The number of piperazine rings is 1.